The van der Waals surface area contributed by atoms with Gasteiger partial charge in [-0.3, -0.25) is 4.79 Å². The molecule has 3 N–H and O–H groups in total. The van der Waals surface area contributed by atoms with E-state index in [0.29, 0.717) is 16.4 Å². The quantitative estimate of drug-likeness (QED) is 0.684. The summed E-state index contributed by atoms with van der Waals surface area (Å²) in [6.07, 6.45) is 0. The fourth-order valence-electron chi connectivity index (χ4n) is 2.98. The predicted molar refractivity (Wildman–Crippen MR) is 110 cm³/mol. The molecule has 0 unspecified atom stereocenters. The molecule has 1 aliphatic heterocycles. The minimum Gasteiger partial charge on any atom is -0.378 e. The molecule has 0 spiro atoms. The second-order valence-electron chi connectivity index (χ2n) is 6.64. The second-order valence-corrected chi connectivity index (χ2v) is 7.05. The number of nitrogens with zero attached hydrogens (tertiary/aromatic N) is 1. The number of carbonyl (C=O) groups is 1. The van der Waals surface area contributed by atoms with Gasteiger partial charge in [-0.05, 0) is 49.0 Å². The molecule has 1 heterocycles. The molecule has 0 aromatic heterocycles. The van der Waals surface area contributed by atoms with E-state index in [1.807, 2.05) is 43.3 Å². The molecule has 0 bridgehead atoms. The normalized spacial score (nSPS) is 16.3. The summed E-state index contributed by atoms with van der Waals surface area (Å²) < 4.78 is 26.6. The van der Waals surface area contributed by atoms with E-state index < -0.39 is 23.6 Å². The Hall–Kier alpha value is -3.00. The van der Waals surface area contributed by atoms with Crippen molar-refractivity contribution in [2.75, 3.05) is 24.3 Å². The molecule has 0 aliphatic carbocycles. The van der Waals surface area contributed by atoms with Crippen LogP contribution in [0, 0.1) is 11.6 Å². The van der Waals surface area contributed by atoms with Crippen molar-refractivity contribution in [1.82, 2.24) is 10.6 Å². The molecule has 1 aliphatic rings. The van der Waals surface area contributed by atoms with Gasteiger partial charge < -0.3 is 20.9 Å². The molecular weight excluding hydrogens is 382 g/mol. The highest BCUT2D eigenvalue weighted by Crippen LogP contribution is 2.29. The molecule has 8 heteroatoms. The highest BCUT2D eigenvalue weighted by Gasteiger charge is 2.30. The molecule has 28 heavy (non-hydrogen) atoms. The number of hydrogen-bond acceptors (Lipinski definition) is 3. The Bertz CT molecular complexity index is 957. The number of hydrogen-bond donors (Lipinski definition) is 3. The molecule has 0 radical (unpaired) electrons. The first-order valence-corrected chi connectivity index (χ1v) is 8.99. The van der Waals surface area contributed by atoms with Gasteiger partial charge in [0.1, 0.15) is 0 Å². The summed E-state index contributed by atoms with van der Waals surface area (Å²) in [5, 5.41) is 9.07. The zero-order chi connectivity index (χ0) is 20.4. The molecule has 0 saturated carbocycles. The smallest absolute Gasteiger partial charge is 0.255 e. The number of carbonyl (C=O) groups excluding carboxylic acids is 1. The number of thiocarbonyl (C=S) groups is 1. The third-order valence-corrected chi connectivity index (χ3v) is 4.65. The lowest BCUT2D eigenvalue weighted by Crippen LogP contribution is -2.45. The number of benzene rings is 2. The van der Waals surface area contributed by atoms with Gasteiger partial charge in [0.25, 0.3) is 5.91 Å². The molecule has 1 atom stereocenters. The number of amides is 1. The van der Waals surface area contributed by atoms with E-state index >= 15 is 0 Å². The summed E-state index contributed by atoms with van der Waals surface area (Å²) in [7, 11) is 3.88. The molecule has 5 nitrogen and oxygen atoms in total. The van der Waals surface area contributed by atoms with Gasteiger partial charge >= 0.3 is 0 Å². The maximum Gasteiger partial charge on any atom is 0.255 e. The fourth-order valence-corrected chi connectivity index (χ4v) is 3.25. The lowest BCUT2D eigenvalue weighted by atomic mass is 9.94. The molecule has 0 saturated heterocycles. The molecular formula is C20H20F2N4OS. The van der Waals surface area contributed by atoms with Crippen molar-refractivity contribution in [3.63, 3.8) is 0 Å². The van der Waals surface area contributed by atoms with Gasteiger partial charge in [0.15, 0.2) is 16.7 Å². The standard InChI is InChI=1S/C20H20F2N4OS/c1-11-17(19(27)24-13-6-9-15(21)16(22)10-13)18(25-20(28)23-11)12-4-7-14(8-5-12)26(2)3/h4-10,18H,1-3H3,(H,24,27)(H2,23,25,28)/t18-/m1/s1. The largest absolute Gasteiger partial charge is 0.378 e. The van der Waals surface area contributed by atoms with Crippen LogP contribution in [-0.2, 0) is 4.79 Å². The molecule has 1 amide bonds. The van der Waals surface area contributed by atoms with Gasteiger partial charge in [-0.1, -0.05) is 12.1 Å². The van der Waals surface area contributed by atoms with Crippen LogP contribution in [0.5, 0.6) is 0 Å². The average Bonchev–Trinajstić information content (AvgIpc) is 2.64. The maximum atomic E-state index is 13.5. The van der Waals surface area contributed by atoms with Crippen molar-refractivity contribution in [3.05, 3.63) is 70.9 Å². The summed E-state index contributed by atoms with van der Waals surface area (Å²) in [4.78, 5) is 14.9. The monoisotopic (exact) mass is 402 g/mol. The summed E-state index contributed by atoms with van der Waals surface area (Å²) in [5.74, 6) is -2.44. The lowest BCUT2D eigenvalue weighted by molar-refractivity contribution is -0.113. The van der Waals surface area contributed by atoms with Crippen molar-refractivity contribution in [2.45, 2.75) is 13.0 Å². The fraction of sp³-hybridized carbons (Fsp3) is 0.200. The number of nitrogens with one attached hydrogen (secondary N) is 3. The number of anilines is 2. The summed E-state index contributed by atoms with van der Waals surface area (Å²) in [5.41, 5.74) is 3.04. The Morgan fingerprint density at radius 1 is 1.11 bits per heavy atom. The van der Waals surface area contributed by atoms with E-state index in [-0.39, 0.29) is 5.69 Å². The van der Waals surface area contributed by atoms with Crippen LogP contribution < -0.4 is 20.9 Å². The predicted octanol–water partition coefficient (Wildman–Crippen LogP) is 3.46. The number of allylic oxidation sites excluding steroid dienone is 1. The van der Waals surface area contributed by atoms with Gasteiger partial charge in [-0.25, -0.2) is 8.78 Å². The minimum atomic E-state index is -1.03. The summed E-state index contributed by atoms with van der Waals surface area (Å²) in [6.45, 7) is 1.74. The highest BCUT2D eigenvalue weighted by atomic mass is 32.1. The first-order valence-electron chi connectivity index (χ1n) is 8.58. The van der Waals surface area contributed by atoms with E-state index in [9.17, 15) is 13.6 Å². The molecule has 2 aromatic carbocycles. The average molecular weight is 402 g/mol. The van der Waals surface area contributed by atoms with E-state index in [1.165, 1.54) is 6.07 Å². The van der Waals surface area contributed by atoms with Crippen molar-refractivity contribution in [1.29, 1.82) is 0 Å². The molecule has 0 fully saturated rings. The maximum absolute atomic E-state index is 13.5. The van der Waals surface area contributed by atoms with Crippen LogP contribution in [0.1, 0.15) is 18.5 Å². The van der Waals surface area contributed by atoms with Gasteiger partial charge in [0, 0.05) is 37.2 Å². The van der Waals surface area contributed by atoms with Crippen LogP contribution in [0.15, 0.2) is 53.7 Å². The highest BCUT2D eigenvalue weighted by molar-refractivity contribution is 7.80. The van der Waals surface area contributed by atoms with E-state index in [2.05, 4.69) is 16.0 Å². The first-order chi connectivity index (χ1) is 13.3. The van der Waals surface area contributed by atoms with E-state index in [1.54, 1.807) is 6.92 Å². The molecule has 146 valence electrons. The third-order valence-electron chi connectivity index (χ3n) is 4.43. The molecule has 2 aromatic rings. The van der Waals surface area contributed by atoms with Crippen molar-refractivity contribution >= 4 is 34.6 Å². The van der Waals surface area contributed by atoms with Crippen LogP contribution in [0.4, 0.5) is 20.2 Å². The van der Waals surface area contributed by atoms with Crippen LogP contribution >= 0.6 is 12.2 Å². The van der Waals surface area contributed by atoms with Crippen molar-refractivity contribution < 1.29 is 13.6 Å². The van der Waals surface area contributed by atoms with Crippen LogP contribution in [-0.4, -0.2) is 25.1 Å². The Labute approximate surface area is 167 Å². The van der Waals surface area contributed by atoms with Crippen LogP contribution in [0.2, 0.25) is 0 Å². The number of halogens is 2. The Balaban J connectivity index is 1.92. The van der Waals surface area contributed by atoms with Gasteiger partial charge in [-0.15, -0.1) is 0 Å². The van der Waals surface area contributed by atoms with Crippen molar-refractivity contribution in [3.8, 4) is 0 Å². The van der Waals surface area contributed by atoms with E-state index in [0.717, 1.165) is 23.4 Å². The van der Waals surface area contributed by atoms with Crippen LogP contribution in [0.3, 0.4) is 0 Å². The zero-order valence-electron chi connectivity index (χ0n) is 15.6. The Kier molecular flexibility index (Phi) is 5.60. The molecule has 3 rings (SSSR count). The van der Waals surface area contributed by atoms with Crippen LogP contribution in [0.25, 0.3) is 0 Å². The lowest BCUT2D eigenvalue weighted by Gasteiger charge is -2.30. The minimum absolute atomic E-state index is 0.166. The van der Waals surface area contributed by atoms with Gasteiger partial charge in [0.05, 0.1) is 11.6 Å². The SMILES string of the molecule is CC1=C(C(=O)Nc2ccc(F)c(F)c2)[C@@H](c2ccc(N(C)C)cc2)NC(=S)N1. The Morgan fingerprint density at radius 2 is 1.79 bits per heavy atom. The second kappa shape index (κ2) is 7.93. The topological polar surface area (TPSA) is 56.4 Å². The third kappa shape index (κ3) is 4.12. The van der Waals surface area contributed by atoms with E-state index in [4.69, 9.17) is 12.2 Å². The van der Waals surface area contributed by atoms with Gasteiger partial charge in [-0.2, -0.15) is 0 Å². The number of rotatable bonds is 4. The van der Waals surface area contributed by atoms with Gasteiger partial charge in [0.2, 0.25) is 0 Å². The first kappa shape index (κ1) is 19.8. The van der Waals surface area contributed by atoms with Crippen molar-refractivity contribution in [2.24, 2.45) is 0 Å². The Morgan fingerprint density at radius 3 is 2.39 bits per heavy atom. The zero-order valence-corrected chi connectivity index (χ0v) is 16.5. The summed E-state index contributed by atoms with van der Waals surface area (Å²) >= 11 is 5.24. The summed E-state index contributed by atoms with van der Waals surface area (Å²) in [6, 6.07) is 10.5.